The third-order valence-electron chi connectivity index (χ3n) is 3.71. The molecule has 0 unspecified atom stereocenters. The lowest BCUT2D eigenvalue weighted by Gasteiger charge is -2.27. The van der Waals surface area contributed by atoms with Crippen LogP contribution in [-0.2, 0) is 11.8 Å². The van der Waals surface area contributed by atoms with Crippen molar-refractivity contribution < 1.29 is 9.59 Å². The van der Waals surface area contributed by atoms with E-state index in [2.05, 4.69) is 10.6 Å². The number of nitrogens with one attached hydrogen (secondary N) is 2. The van der Waals surface area contributed by atoms with Crippen molar-refractivity contribution in [2.75, 3.05) is 5.32 Å². The number of rotatable bonds is 5. The molecule has 0 bridgehead atoms. The van der Waals surface area contributed by atoms with E-state index in [4.69, 9.17) is 0 Å². The highest BCUT2D eigenvalue weighted by Crippen LogP contribution is 2.26. The molecule has 5 nitrogen and oxygen atoms in total. The fourth-order valence-corrected chi connectivity index (χ4v) is 2.67. The summed E-state index contributed by atoms with van der Waals surface area (Å²) in [6.45, 7) is 7.71. The molecule has 1 aromatic heterocycles. The normalized spacial score (nSPS) is 11.9. The average Bonchev–Trinajstić information content (AvgIpc) is 2.75. The van der Waals surface area contributed by atoms with Gasteiger partial charge in [-0.15, -0.1) is 0 Å². The first-order valence-corrected chi connectivity index (χ1v) is 7.39. The zero-order valence-electron chi connectivity index (χ0n) is 13.7. The van der Waals surface area contributed by atoms with Gasteiger partial charge in [-0.25, -0.2) is 0 Å². The summed E-state index contributed by atoms with van der Waals surface area (Å²) in [6, 6.07) is 7.64. The number of aldehydes is 1. The van der Waals surface area contributed by atoms with E-state index in [1.54, 1.807) is 6.07 Å². The van der Waals surface area contributed by atoms with E-state index < -0.39 is 5.54 Å². The van der Waals surface area contributed by atoms with E-state index in [0.29, 0.717) is 11.4 Å². The minimum absolute atomic E-state index is 0.106. The Hall–Kier alpha value is -2.14. The number of aryl methyl sites for hydroxylation is 1. The van der Waals surface area contributed by atoms with Crippen LogP contribution in [0.4, 0.5) is 5.69 Å². The summed E-state index contributed by atoms with van der Waals surface area (Å²) < 4.78 is 1.81. The molecule has 1 heterocycles. The second-order valence-electron chi connectivity index (χ2n) is 6.36. The van der Waals surface area contributed by atoms with Crippen LogP contribution in [0.5, 0.6) is 0 Å². The fraction of sp³-hybridized carbons (Fsp3) is 0.412. The minimum Gasteiger partial charge on any atom is -0.341 e. The van der Waals surface area contributed by atoms with E-state index >= 15 is 0 Å². The molecule has 2 aromatic rings. The number of aromatic nitrogens is 1. The van der Waals surface area contributed by atoms with Crippen LogP contribution in [0.1, 0.15) is 38.2 Å². The zero-order chi connectivity index (χ0) is 16.5. The Balaban J connectivity index is 2.36. The number of benzene rings is 1. The van der Waals surface area contributed by atoms with Gasteiger partial charge in [-0.2, -0.15) is 0 Å². The van der Waals surface area contributed by atoms with Gasteiger partial charge in [0.05, 0.1) is 22.4 Å². The van der Waals surface area contributed by atoms with Gasteiger partial charge in [0.15, 0.2) is 6.29 Å². The van der Waals surface area contributed by atoms with Crippen molar-refractivity contribution in [2.24, 2.45) is 7.05 Å². The Labute approximate surface area is 130 Å². The number of nitrogens with zero attached hydrogens (tertiary/aromatic N) is 1. The van der Waals surface area contributed by atoms with E-state index in [-0.39, 0.29) is 11.9 Å². The van der Waals surface area contributed by atoms with E-state index in [1.807, 2.05) is 57.5 Å². The van der Waals surface area contributed by atoms with Crippen LogP contribution in [0, 0.1) is 0 Å². The van der Waals surface area contributed by atoms with E-state index in [0.717, 1.165) is 17.2 Å². The van der Waals surface area contributed by atoms with Gasteiger partial charge < -0.3 is 15.2 Å². The standard InChI is InChI=1S/C17H23N3O2/c1-11(2)19-17(3,4)16(22)18-14-7-6-8-15-13(14)9-12(10-21)20(15)5/h6-11,19H,1-5H3,(H,18,22). The molecule has 0 spiro atoms. The van der Waals surface area contributed by atoms with Crippen LogP contribution in [0.25, 0.3) is 10.9 Å². The maximum atomic E-state index is 12.5. The highest BCUT2D eigenvalue weighted by molar-refractivity contribution is 6.06. The summed E-state index contributed by atoms with van der Waals surface area (Å²) in [6.07, 6.45) is 0.815. The Morgan fingerprint density at radius 2 is 2.00 bits per heavy atom. The van der Waals surface area contributed by atoms with Crippen LogP contribution in [0.2, 0.25) is 0 Å². The summed E-state index contributed by atoms with van der Waals surface area (Å²) in [5.41, 5.74) is 1.52. The van der Waals surface area contributed by atoms with Gasteiger partial charge >= 0.3 is 0 Å². The summed E-state index contributed by atoms with van der Waals surface area (Å²) in [7, 11) is 1.84. The lowest BCUT2D eigenvalue weighted by atomic mass is 10.0. The van der Waals surface area contributed by atoms with Gasteiger partial charge in [0, 0.05) is 18.5 Å². The molecular formula is C17H23N3O2. The summed E-state index contributed by atoms with van der Waals surface area (Å²) in [5, 5.41) is 7.07. The maximum absolute atomic E-state index is 12.5. The van der Waals surface area contributed by atoms with Crippen molar-refractivity contribution in [2.45, 2.75) is 39.3 Å². The van der Waals surface area contributed by atoms with Gasteiger partial charge in [-0.1, -0.05) is 6.07 Å². The SMILES string of the molecule is CC(C)NC(C)(C)C(=O)Nc1cccc2c1cc(C=O)n2C. The van der Waals surface area contributed by atoms with Crippen molar-refractivity contribution in [3.63, 3.8) is 0 Å². The number of hydrogen-bond acceptors (Lipinski definition) is 3. The van der Waals surface area contributed by atoms with Gasteiger partial charge in [-0.3, -0.25) is 9.59 Å². The zero-order valence-corrected chi connectivity index (χ0v) is 13.7. The molecule has 2 rings (SSSR count). The Bertz CT molecular complexity index is 714. The molecule has 0 aliphatic carbocycles. The Kier molecular flexibility index (Phi) is 4.37. The molecule has 1 amide bonds. The predicted molar refractivity (Wildman–Crippen MR) is 89.3 cm³/mol. The number of anilines is 1. The van der Waals surface area contributed by atoms with Crippen molar-refractivity contribution in [3.8, 4) is 0 Å². The van der Waals surface area contributed by atoms with Crippen LogP contribution < -0.4 is 10.6 Å². The second-order valence-corrected chi connectivity index (χ2v) is 6.36. The first-order chi connectivity index (χ1) is 10.3. The molecule has 1 aromatic carbocycles. The quantitative estimate of drug-likeness (QED) is 0.835. The number of amides is 1. The smallest absolute Gasteiger partial charge is 0.244 e. The molecule has 2 N–H and O–H groups in total. The molecule has 22 heavy (non-hydrogen) atoms. The molecule has 0 aliphatic rings. The maximum Gasteiger partial charge on any atom is 0.244 e. The molecule has 0 saturated carbocycles. The second kappa shape index (κ2) is 5.93. The first-order valence-electron chi connectivity index (χ1n) is 7.39. The Morgan fingerprint density at radius 1 is 1.32 bits per heavy atom. The van der Waals surface area contributed by atoms with Crippen LogP contribution in [0.15, 0.2) is 24.3 Å². The third-order valence-corrected chi connectivity index (χ3v) is 3.71. The minimum atomic E-state index is -0.682. The molecule has 0 atom stereocenters. The monoisotopic (exact) mass is 301 g/mol. The van der Waals surface area contributed by atoms with Gasteiger partial charge in [-0.05, 0) is 45.9 Å². The summed E-state index contributed by atoms with van der Waals surface area (Å²) >= 11 is 0. The molecule has 118 valence electrons. The number of carbonyl (C=O) groups excluding carboxylic acids is 2. The van der Waals surface area contributed by atoms with Crippen LogP contribution in [0.3, 0.4) is 0 Å². The summed E-state index contributed by atoms with van der Waals surface area (Å²) in [4.78, 5) is 23.6. The predicted octanol–water partition coefficient (Wildman–Crippen LogP) is 2.71. The van der Waals surface area contributed by atoms with Gasteiger partial charge in [0.2, 0.25) is 5.91 Å². The van der Waals surface area contributed by atoms with Crippen molar-refractivity contribution >= 4 is 28.8 Å². The first kappa shape index (κ1) is 16.2. The molecule has 0 radical (unpaired) electrons. The lowest BCUT2D eigenvalue weighted by Crippen LogP contribution is -2.52. The molecular weight excluding hydrogens is 278 g/mol. The lowest BCUT2D eigenvalue weighted by molar-refractivity contribution is -0.121. The largest absolute Gasteiger partial charge is 0.341 e. The van der Waals surface area contributed by atoms with Gasteiger partial charge in [0.25, 0.3) is 0 Å². The third kappa shape index (κ3) is 3.04. The number of fused-ring (bicyclic) bond motifs is 1. The van der Waals surface area contributed by atoms with Crippen molar-refractivity contribution in [3.05, 3.63) is 30.0 Å². The van der Waals surface area contributed by atoms with Gasteiger partial charge in [0.1, 0.15) is 0 Å². The van der Waals surface area contributed by atoms with E-state index in [1.165, 1.54) is 0 Å². The highest BCUT2D eigenvalue weighted by atomic mass is 16.2. The van der Waals surface area contributed by atoms with E-state index in [9.17, 15) is 9.59 Å². The molecule has 0 aliphatic heterocycles. The van der Waals surface area contributed by atoms with Crippen molar-refractivity contribution in [1.82, 2.24) is 9.88 Å². The molecule has 5 heteroatoms. The highest BCUT2D eigenvalue weighted by Gasteiger charge is 2.28. The molecule has 0 saturated heterocycles. The number of carbonyl (C=O) groups is 2. The number of hydrogen-bond donors (Lipinski definition) is 2. The fourth-order valence-electron chi connectivity index (χ4n) is 2.67. The summed E-state index contributed by atoms with van der Waals surface area (Å²) in [5.74, 6) is -0.106. The van der Waals surface area contributed by atoms with Crippen LogP contribution >= 0.6 is 0 Å². The average molecular weight is 301 g/mol. The Morgan fingerprint density at radius 3 is 2.59 bits per heavy atom. The van der Waals surface area contributed by atoms with Crippen molar-refractivity contribution in [1.29, 1.82) is 0 Å². The topological polar surface area (TPSA) is 63.1 Å². The van der Waals surface area contributed by atoms with Crippen LogP contribution in [-0.4, -0.2) is 28.3 Å². The molecule has 0 fully saturated rings.